The highest BCUT2D eigenvalue weighted by molar-refractivity contribution is 5.89. The predicted molar refractivity (Wildman–Crippen MR) is 148 cm³/mol. The Bertz CT molecular complexity index is 1250. The quantitative estimate of drug-likeness (QED) is 0.524. The van der Waals surface area contributed by atoms with Crippen LogP contribution in [0, 0.1) is 11.8 Å². The molecule has 6 heteroatoms. The number of ether oxygens (including phenoxy) is 1. The second-order valence-corrected chi connectivity index (χ2v) is 9.68. The van der Waals surface area contributed by atoms with E-state index in [9.17, 15) is 4.79 Å². The SMILES string of the molecule is COc1ccc(NC(=O)N2CCCCN3[C@@H](CN)[C@H](c4ccc(C#Cc5ccccc5)cc4)[C@@H]3C2)cc1. The van der Waals surface area contributed by atoms with E-state index in [1.165, 1.54) is 5.56 Å². The molecule has 190 valence electrons. The topological polar surface area (TPSA) is 70.8 Å². The molecule has 2 saturated heterocycles. The van der Waals surface area contributed by atoms with Gasteiger partial charge in [0, 0.05) is 54.5 Å². The third kappa shape index (κ3) is 5.64. The van der Waals surface area contributed by atoms with Gasteiger partial charge in [0.25, 0.3) is 0 Å². The summed E-state index contributed by atoms with van der Waals surface area (Å²) in [4.78, 5) is 17.7. The molecule has 3 aromatic carbocycles. The molecule has 0 spiro atoms. The summed E-state index contributed by atoms with van der Waals surface area (Å²) in [5.41, 5.74) is 10.3. The molecule has 5 rings (SSSR count). The highest BCUT2D eigenvalue weighted by Gasteiger charge is 2.49. The van der Waals surface area contributed by atoms with Gasteiger partial charge in [-0.1, -0.05) is 42.2 Å². The molecule has 2 amide bonds. The second kappa shape index (κ2) is 11.5. The van der Waals surface area contributed by atoms with Gasteiger partial charge in [0.2, 0.25) is 0 Å². The molecule has 0 saturated carbocycles. The number of nitrogens with zero attached hydrogens (tertiary/aromatic N) is 2. The fourth-order valence-corrected chi connectivity index (χ4v) is 5.52. The lowest BCUT2D eigenvalue weighted by molar-refractivity contribution is -0.0305. The minimum atomic E-state index is -0.0616. The Hall–Kier alpha value is -3.79. The number of carbonyl (C=O) groups excluding carboxylic acids is 1. The molecule has 37 heavy (non-hydrogen) atoms. The maximum absolute atomic E-state index is 13.2. The lowest BCUT2D eigenvalue weighted by Gasteiger charge is -2.57. The third-order valence-corrected chi connectivity index (χ3v) is 7.47. The van der Waals surface area contributed by atoms with Crippen molar-refractivity contribution in [1.29, 1.82) is 0 Å². The van der Waals surface area contributed by atoms with Crippen molar-refractivity contribution in [3.8, 4) is 17.6 Å². The zero-order valence-corrected chi connectivity index (χ0v) is 21.3. The van der Waals surface area contributed by atoms with Crippen molar-refractivity contribution < 1.29 is 9.53 Å². The number of amides is 2. The predicted octanol–water partition coefficient (Wildman–Crippen LogP) is 4.52. The average Bonchev–Trinajstić information content (AvgIpc) is 2.92. The Labute approximate surface area is 219 Å². The molecular weight excluding hydrogens is 460 g/mol. The lowest BCUT2D eigenvalue weighted by Crippen LogP contribution is -2.68. The number of fused-ring (bicyclic) bond motifs is 1. The first kappa shape index (κ1) is 24.9. The van der Waals surface area contributed by atoms with E-state index in [4.69, 9.17) is 10.5 Å². The van der Waals surface area contributed by atoms with Gasteiger partial charge in [-0.05, 0) is 73.5 Å². The van der Waals surface area contributed by atoms with Gasteiger partial charge >= 0.3 is 6.03 Å². The molecule has 3 aromatic rings. The monoisotopic (exact) mass is 494 g/mol. The average molecular weight is 495 g/mol. The molecule has 0 unspecified atom stereocenters. The number of carbonyl (C=O) groups is 1. The van der Waals surface area contributed by atoms with E-state index in [1.807, 2.05) is 59.5 Å². The van der Waals surface area contributed by atoms with E-state index >= 15 is 0 Å². The van der Waals surface area contributed by atoms with Crippen LogP contribution in [0.2, 0.25) is 0 Å². The molecule has 2 aliphatic rings. The van der Waals surface area contributed by atoms with Crippen LogP contribution < -0.4 is 15.8 Å². The number of benzene rings is 3. The van der Waals surface area contributed by atoms with E-state index in [0.717, 1.165) is 48.5 Å². The number of methoxy groups -OCH3 is 1. The van der Waals surface area contributed by atoms with Crippen molar-refractivity contribution in [3.63, 3.8) is 0 Å². The largest absolute Gasteiger partial charge is 0.497 e. The van der Waals surface area contributed by atoms with Gasteiger partial charge in [0.15, 0.2) is 0 Å². The molecule has 3 atom stereocenters. The van der Waals surface area contributed by atoms with Crippen molar-refractivity contribution >= 4 is 11.7 Å². The second-order valence-electron chi connectivity index (χ2n) is 9.68. The molecule has 0 radical (unpaired) electrons. The maximum Gasteiger partial charge on any atom is 0.321 e. The van der Waals surface area contributed by atoms with Crippen LogP contribution in [-0.4, -0.2) is 61.2 Å². The van der Waals surface area contributed by atoms with Crippen LogP contribution in [0.15, 0.2) is 78.9 Å². The number of rotatable bonds is 4. The maximum atomic E-state index is 13.2. The molecule has 6 nitrogen and oxygen atoms in total. The normalized spacial score (nSPS) is 21.4. The van der Waals surface area contributed by atoms with Gasteiger partial charge in [0.05, 0.1) is 7.11 Å². The van der Waals surface area contributed by atoms with Crippen molar-refractivity contribution in [2.24, 2.45) is 5.73 Å². The van der Waals surface area contributed by atoms with Crippen LogP contribution in [0.4, 0.5) is 10.5 Å². The first-order chi connectivity index (χ1) is 18.2. The van der Waals surface area contributed by atoms with Crippen molar-refractivity contribution in [1.82, 2.24) is 9.80 Å². The first-order valence-corrected chi connectivity index (χ1v) is 13.0. The van der Waals surface area contributed by atoms with E-state index in [-0.39, 0.29) is 24.0 Å². The van der Waals surface area contributed by atoms with Crippen LogP contribution in [0.25, 0.3) is 0 Å². The summed E-state index contributed by atoms with van der Waals surface area (Å²) in [5, 5.41) is 3.06. The highest BCUT2D eigenvalue weighted by Crippen LogP contribution is 2.41. The zero-order valence-electron chi connectivity index (χ0n) is 21.3. The van der Waals surface area contributed by atoms with Crippen molar-refractivity contribution in [2.75, 3.05) is 38.6 Å². The van der Waals surface area contributed by atoms with Gasteiger partial charge in [-0.15, -0.1) is 0 Å². The number of nitrogens with two attached hydrogens (primary N) is 1. The molecule has 0 aromatic heterocycles. The molecular formula is C31H34N4O2. The Kier molecular flexibility index (Phi) is 7.74. The highest BCUT2D eigenvalue weighted by atomic mass is 16.5. The summed E-state index contributed by atoms with van der Waals surface area (Å²) in [6.07, 6.45) is 2.04. The molecule has 2 fully saturated rings. The Morgan fingerprint density at radius 1 is 0.946 bits per heavy atom. The molecule has 0 bridgehead atoms. The van der Waals surface area contributed by atoms with E-state index in [1.54, 1.807) is 7.11 Å². The van der Waals surface area contributed by atoms with Crippen LogP contribution in [0.1, 0.15) is 35.4 Å². The summed E-state index contributed by atoms with van der Waals surface area (Å²) >= 11 is 0. The fraction of sp³-hybridized carbons (Fsp3) is 0.323. The van der Waals surface area contributed by atoms with Crippen LogP contribution in [0.5, 0.6) is 5.75 Å². The van der Waals surface area contributed by atoms with Gasteiger partial charge in [0.1, 0.15) is 5.75 Å². The van der Waals surface area contributed by atoms with E-state index < -0.39 is 0 Å². The lowest BCUT2D eigenvalue weighted by atomic mass is 9.74. The van der Waals surface area contributed by atoms with Crippen LogP contribution in [-0.2, 0) is 0 Å². The Morgan fingerprint density at radius 3 is 2.30 bits per heavy atom. The van der Waals surface area contributed by atoms with Crippen molar-refractivity contribution in [3.05, 3.63) is 95.6 Å². The number of urea groups is 1. The van der Waals surface area contributed by atoms with E-state index in [0.29, 0.717) is 13.1 Å². The van der Waals surface area contributed by atoms with Gasteiger partial charge < -0.3 is 20.7 Å². The summed E-state index contributed by atoms with van der Waals surface area (Å²) in [7, 11) is 1.63. The Balaban J connectivity index is 1.30. The minimum absolute atomic E-state index is 0.0616. The summed E-state index contributed by atoms with van der Waals surface area (Å²) < 4.78 is 5.22. The number of anilines is 1. The van der Waals surface area contributed by atoms with Gasteiger partial charge in [-0.3, -0.25) is 4.90 Å². The van der Waals surface area contributed by atoms with E-state index in [2.05, 4.69) is 46.3 Å². The molecule has 2 heterocycles. The standard InChI is InChI=1S/C31H34N4O2/c1-37-27-17-15-26(16-18-27)33-31(36)34-19-5-6-20-35-28(21-32)30(29(35)22-34)25-13-11-24(12-14-25)10-9-23-7-3-2-4-8-23/h2-4,7-8,11-18,28-30H,5-6,19-22,32H2,1H3,(H,33,36)/t28-,29-,30-/m0/s1. The first-order valence-electron chi connectivity index (χ1n) is 13.0. The van der Waals surface area contributed by atoms with Gasteiger partial charge in [-0.2, -0.15) is 0 Å². The molecule has 0 aliphatic carbocycles. The molecule has 2 aliphatic heterocycles. The zero-order chi connectivity index (χ0) is 25.6. The fourth-order valence-electron chi connectivity index (χ4n) is 5.52. The summed E-state index contributed by atoms with van der Waals surface area (Å²) in [6, 6.07) is 26.5. The number of hydrogen-bond acceptors (Lipinski definition) is 4. The van der Waals surface area contributed by atoms with Crippen molar-refractivity contribution in [2.45, 2.75) is 30.8 Å². The molecule has 3 N–H and O–H groups in total. The van der Waals surface area contributed by atoms with Gasteiger partial charge in [-0.25, -0.2) is 4.79 Å². The number of nitrogens with one attached hydrogen (secondary N) is 1. The summed E-state index contributed by atoms with van der Waals surface area (Å²) in [6.45, 7) is 3.06. The van der Waals surface area contributed by atoms with Crippen LogP contribution in [0.3, 0.4) is 0 Å². The van der Waals surface area contributed by atoms with Crippen LogP contribution >= 0.6 is 0 Å². The number of hydrogen-bond donors (Lipinski definition) is 2. The minimum Gasteiger partial charge on any atom is -0.497 e. The summed E-state index contributed by atoms with van der Waals surface area (Å²) in [5.74, 6) is 7.54. The Morgan fingerprint density at radius 2 is 1.62 bits per heavy atom. The smallest absolute Gasteiger partial charge is 0.321 e. The third-order valence-electron chi connectivity index (χ3n) is 7.47.